The Labute approximate surface area is 127 Å². The second kappa shape index (κ2) is 6.48. The van der Waals surface area contributed by atoms with E-state index in [1.165, 1.54) is 29.2 Å². The van der Waals surface area contributed by atoms with Gasteiger partial charge in [0.15, 0.2) is 0 Å². The van der Waals surface area contributed by atoms with E-state index in [1.807, 2.05) is 6.07 Å². The number of hydrogen-bond donors (Lipinski definition) is 0. The van der Waals surface area contributed by atoms with Crippen LogP contribution in [0.5, 0.6) is 5.75 Å². The van der Waals surface area contributed by atoms with Crippen molar-refractivity contribution in [3.05, 3.63) is 42.0 Å². The molecule has 0 N–H and O–H groups in total. The van der Waals surface area contributed by atoms with Crippen LogP contribution >= 0.6 is 0 Å². The highest BCUT2D eigenvalue weighted by Crippen LogP contribution is 2.24. The highest BCUT2D eigenvalue weighted by Gasteiger charge is 2.23. The molecular weight excluding hydrogens is 260 g/mol. The molecule has 112 valence electrons. The molecule has 2 atom stereocenters. The minimum Gasteiger partial charge on any atom is -0.491 e. The molecule has 0 aliphatic carbocycles. The first kappa shape index (κ1) is 14.4. The third-order valence-corrected chi connectivity index (χ3v) is 4.34. The molecule has 2 nitrogen and oxygen atoms in total. The SMILES string of the molecule is CCC(C)CCc1ccc2ccc(OCC3CO3)cc2c1. The van der Waals surface area contributed by atoms with Gasteiger partial charge in [0.25, 0.3) is 0 Å². The lowest BCUT2D eigenvalue weighted by Gasteiger charge is -2.10. The fourth-order valence-electron chi connectivity index (χ4n) is 2.49. The lowest BCUT2D eigenvalue weighted by atomic mass is 9.97. The number of benzene rings is 2. The van der Waals surface area contributed by atoms with Crippen LogP contribution in [-0.4, -0.2) is 19.3 Å². The van der Waals surface area contributed by atoms with Gasteiger partial charge in [-0.1, -0.05) is 44.5 Å². The summed E-state index contributed by atoms with van der Waals surface area (Å²) in [7, 11) is 0. The molecule has 2 heteroatoms. The van der Waals surface area contributed by atoms with Crippen molar-refractivity contribution < 1.29 is 9.47 Å². The summed E-state index contributed by atoms with van der Waals surface area (Å²) >= 11 is 0. The van der Waals surface area contributed by atoms with Crippen LogP contribution < -0.4 is 4.74 Å². The van der Waals surface area contributed by atoms with Gasteiger partial charge in [-0.15, -0.1) is 0 Å². The first-order chi connectivity index (χ1) is 10.2. The van der Waals surface area contributed by atoms with Gasteiger partial charge in [-0.05, 0) is 47.2 Å². The maximum Gasteiger partial charge on any atom is 0.120 e. The monoisotopic (exact) mass is 284 g/mol. The molecule has 0 radical (unpaired) electrons. The molecule has 1 heterocycles. The Balaban J connectivity index is 1.71. The Morgan fingerprint density at radius 3 is 2.76 bits per heavy atom. The molecule has 0 bridgehead atoms. The maximum absolute atomic E-state index is 5.77. The molecule has 3 rings (SSSR count). The van der Waals surface area contributed by atoms with Crippen molar-refractivity contribution in [3.63, 3.8) is 0 Å². The molecular formula is C19H24O2. The quantitative estimate of drug-likeness (QED) is 0.693. The summed E-state index contributed by atoms with van der Waals surface area (Å²) in [5.74, 6) is 1.74. The van der Waals surface area contributed by atoms with Gasteiger partial charge in [0.05, 0.1) is 6.61 Å². The predicted molar refractivity (Wildman–Crippen MR) is 87.0 cm³/mol. The average molecular weight is 284 g/mol. The van der Waals surface area contributed by atoms with Crippen LogP contribution in [0.2, 0.25) is 0 Å². The molecule has 0 saturated carbocycles. The minimum atomic E-state index is 0.308. The number of hydrogen-bond acceptors (Lipinski definition) is 2. The molecule has 2 aromatic carbocycles. The summed E-state index contributed by atoms with van der Waals surface area (Å²) in [6.07, 6.45) is 3.99. The third kappa shape index (κ3) is 3.98. The van der Waals surface area contributed by atoms with Gasteiger partial charge in [-0.25, -0.2) is 0 Å². The van der Waals surface area contributed by atoms with Crippen LogP contribution in [0.3, 0.4) is 0 Å². The maximum atomic E-state index is 5.77. The van der Waals surface area contributed by atoms with Crippen LogP contribution in [0.25, 0.3) is 10.8 Å². The molecule has 21 heavy (non-hydrogen) atoms. The number of epoxide rings is 1. The fourth-order valence-corrected chi connectivity index (χ4v) is 2.49. The molecule has 2 aromatic rings. The molecule has 0 spiro atoms. The highest BCUT2D eigenvalue weighted by molar-refractivity contribution is 5.84. The fraction of sp³-hybridized carbons (Fsp3) is 0.474. The van der Waals surface area contributed by atoms with Crippen molar-refractivity contribution in [2.24, 2.45) is 5.92 Å². The number of fused-ring (bicyclic) bond motifs is 1. The summed E-state index contributed by atoms with van der Waals surface area (Å²) in [5.41, 5.74) is 1.42. The Hall–Kier alpha value is -1.54. The van der Waals surface area contributed by atoms with Crippen LogP contribution in [-0.2, 0) is 11.2 Å². The largest absolute Gasteiger partial charge is 0.491 e. The molecule has 1 fully saturated rings. The molecule has 0 amide bonds. The normalized spacial score (nSPS) is 18.7. The summed E-state index contributed by atoms with van der Waals surface area (Å²) < 4.78 is 10.9. The molecule has 2 unspecified atom stereocenters. The van der Waals surface area contributed by atoms with E-state index in [0.29, 0.717) is 12.7 Å². The second-order valence-electron chi connectivity index (χ2n) is 6.16. The summed E-state index contributed by atoms with van der Waals surface area (Å²) in [6.45, 7) is 6.09. The van der Waals surface area contributed by atoms with Gasteiger partial charge in [-0.3, -0.25) is 0 Å². The standard InChI is InChI=1S/C19H24O2/c1-3-14(2)4-5-15-6-7-16-8-9-18(11-17(16)10-15)20-12-19-13-21-19/h6-11,14,19H,3-5,12-13H2,1-2H3. The molecule has 1 saturated heterocycles. The molecule has 1 aliphatic rings. The van der Waals surface area contributed by atoms with Crippen LogP contribution in [0.15, 0.2) is 36.4 Å². The van der Waals surface area contributed by atoms with Gasteiger partial charge in [0, 0.05) is 0 Å². The Bertz CT molecular complexity index is 602. The second-order valence-corrected chi connectivity index (χ2v) is 6.16. The average Bonchev–Trinajstić information content (AvgIpc) is 3.34. The van der Waals surface area contributed by atoms with Gasteiger partial charge in [0.1, 0.15) is 18.5 Å². The van der Waals surface area contributed by atoms with Gasteiger partial charge in [0.2, 0.25) is 0 Å². The summed E-state index contributed by atoms with van der Waals surface area (Å²) in [6, 6.07) is 13.1. The predicted octanol–water partition coefficient (Wildman–Crippen LogP) is 4.60. The topological polar surface area (TPSA) is 21.8 Å². The van der Waals surface area contributed by atoms with Crippen LogP contribution in [0.4, 0.5) is 0 Å². The summed E-state index contributed by atoms with van der Waals surface area (Å²) in [4.78, 5) is 0. The van der Waals surface area contributed by atoms with Crippen molar-refractivity contribution in [3.8, 4) is 5.75 Å². The van der Waals surface area contributed by atoms with Crippen molar-refractivity contribution >= 4 is 10.8 Å². The van der Waals surface area contributed by atoms with Crippen molar-refractivity contribution in [2.75, 3.05) is 13.2 Å². The van der Waals surface area contributed by atoms with Crippen molar-refractivity contribution in [2.45, 2.75) is 39.2 Å². The van der Waals surface area contributed by atoms with Crippen LogP contribution in [0, 0.1) is 5.92 Å². The molecule has 1 aliphatic heterocycles. The Kier molecular flexibility index (Phi) is 4.45. The van der Waals surface area contributed by atoms with Crippen LogP contribution in [0.1, 0.15) is 32.3 Å². The van der Waals surface area contributed by atoms with E-state index >= 15 is 0 Å². The van der Waals surface area contributed by atoms with E-state index in [4.69, 9.17) is 9.47 Å². The third-order valence-electron chi connectivity index (χ3n) is 4.34. The van der Waals surface area contributed by atoms with Crippen molar-refractivity contribution in [1.29, 1.82) is 0 Å². The van der Waals surface area contributed by atoms with E-state index in [1.54, 1.807) is 0 Å². The smallest absolute Gasteiger partial charge is 0.120 e. The lowest BCUT2D eigenvalue weighted by molar-refractivity contribution is 0.263. The first-order valence-corrected chi connectivity index (χ1v) is 8.01. The number of rotatable bonds is 7. The number of aryl methyl sites for hydroxylation is 1. The zero-order valence-corrected chi connectivity index (χ0v) is 13.0. The van der Waals surface area contributed by atoms with E-state index in [2.05, 4.69) is 44.2 Å². The van der Waals surface area contributed by atoms with Gasteiger partial charge >= 0.3 is 0 Å². The number of ether oxygens (including phenoxy) is 2. The van der Waals surface area contributed by atoms with E-state index < -0.39 is 0 Å². The van der Waals surface area contributed by atoms with Crippen molar-refractivity contribution in [1.82, 2.24) is 0 Å². The van der Waals surface area contributed by atoms with E-state index in [0.717, 1.165) is 24.7 Å². The molecule has 0 aromatic heterocycles. The first-order valence-electron chi connectivity index (χ1n) is 8.01. The van der Waals surface area contributed by atoms with Gasteiger partial charge in [-0.2, -0.15) is 0 Å². The zero-order valence-electron chi connectivity index (χ0n) is 13.0. The van der Waals surface area contributed by atoms with E-state index in [9.17, 15) is 0 Å². The lowest BCUT2D eigenvalue weighted by Crippen LogP contribution is -2.03. The highest BCUT2D eigenvalue weighted by atomic mass is 16.6. The van der Waals surface area contributed by atoms with E-state index in [-0.39, 0.29) is 0 Å². The Morgan fingerprint density at radius 1 is 1.19 bits per heavy atom. The zero-order chi connectivity index (χ0) is 14.7. The Morgan fingerprint density at radius 2 is 2.00 bits per heavy atom. The minimum absolute atomic E-state index is 0.308. The van der Waals surface area contributed by atoms with Gasteiger partial charge < -0.3 is 9.47 Å². The summed E-state index contributed by atoms with van der Waals surface area (Å²) in [5, 5.41) is 2.54.